The fraction of sp³-hybridized carbons (Fsp3) is 0.306. The number of hydrogen-bond donors (Lipinski definition) is 2. The van der Waals surface area contributed by atoms with Crippen LogP contribution in [0.15, 0.2) is 97.3 Å². The molecule has 2 aromatic heterocycles. The predicted molar refractivity (Wildman–Crippen MR) is 238 cm³/mol. The molecule has 61 heavy (non-hydrogen) atoms. The van der Waals surface area contributed by atoms with Crippen LogP contribution in [0.1, 0.15) is 90.6 Å². The Hall–Kier alpha value is -6.82. The molecule has 0 atom stereocenters. The number of pyridine rings is 2. The Balaban J connectivity index is 0.959. The number of rotatable bonds is 22. The topological polar surface area (TPSA) is 155 Å². The van der Waals surface area contributed by atoms with Crippen molar-refractivity contribution in [1.82, 2.24) is 9.97 Å². The van der Waals surface area contributed by atoms with Crippen molar-refractivity contribution in [3.63, 3.8) is 0 Å². The Bertz CT molecular complexity index is 2350. The fourth-order valence-corrected chi connectivity index (χ4v) is 6.87. The first-order valence-corrected chi connectivity index (χ1v) is 20.8. The number of esters is 2. The average molecular weight is 825 g/mol. The van der Waals surface area contributed by atoms with Gasteiger partial charge in [-0.3, -0.25) is 29.1 Å². The van der Waals surface area contributed by atoms with E-state index in [0.29, 0.717) is 57.9 Å². The smallest absolute Gasteiger partial charge is 0.305 e. The van der Waals surface area contributed by atoms with E-state index in [-0.39, 0.29) is 57.3 Å². The van der Waals surface area contributed by atoms with Crippen molar-refractivity contribution < 1.29 is 38.1 Å². The second-order valence-corrected chi connectivity index (χ2v) is 14.6. The van der Waals surface area contributed by atoms with Crippen LogP contribution in [0, 0.1) is 13.8 Å². The lowest BCUT2D eigenvalue weighted by Crippen LogP contribution is -2.14. The van der Waals surface area contributed by atoms with E-state index < -0.39 is 11.9 Å². The number of nitrogens with one attached hydrogen (secondary N) is 2. The number of fused-ring (bicyclic) bond motifs is 2. The first-order chi connectivity index (χ1) is 29.7. The van der Waals surface area contributed by atoms with Gasteiger partial charge in [0.05, 0.1) is 22.5 Å². The van der Waals surface area contributed by atoms with E-state index >= 15 is 0 Å². The molecule has 0 amide bonds. The number of para-hydroxylation sites is 4. The number of carbonyl (C=O) groups excluding carboxylic acids is 4. The van der Waals surface area contributed by atoms with Gasteiger partial charge in [0.15, 0.2) is 11.6 Å². The Morgan fingerprint density at radius 2 is 0.951 bits per heavy atom. The lowest BCUT2D eigenvalue weighted by molar-refractivity contribution is -0.146. The molecule has 2 N–H and O–H groups in total. The molecule has 0 fully saturated rings. The van der Waals surface area contributed by atoms with Crippen molar-refractivity contribution in [3.05, 3.63) is 120 Å². The van der Waals surface area contributed by atoms with Gasteiger partial charge in [0, 0.05) is 60.2 Å². The molecule has 0 radical (unpaired) electrons. The SMILES string of the molecule is CCCC(=O)c1cnc2c(OCCOC(=O)CCCC(=O)OCCOc3cccc4c(Nc5ccccc5C)c(C(=O)CCC)cnc34)cccc2c1Nc1ccccc1C. The monoisotopic (exact) mass is 824 g/mol. The zero-order valence-corrected chi connectivity index (χ0v) is 35.2. The van der Waals surface area contributed by atoms with E-state index in [1.807, 2.05) is 100 Å². The third-order valence-electron chi connectivity index (χ3n) is 10.1. The summed E-state index contributed by atoms with van der Waals surface area (Å²) in [5, 5.41) is 8.40. The van der Waals surface area contributed by atoms with E-state index in [1.165, 1.54) is 0 Å². The molecule has 0 saturated heterocycles. The summed E-state index contributed by atoms with van der Waals surface area (Å²) in [6, 6.07) is 26.8. The van der Waals surface area contributed by atoms with Crippen LogP contribution in [0.3, 0.4) is 0 Å². The highest BCUT2D eigenvalue weighted by molar-refractivity contribution is 6.11. The summed E-state index contributed by atoms with van der Waals surface area (Å²) >= 11 is 0. The van der Waals surface area contributed by atoms with E-state index in [2.05, 4.69) is 20.6 Å². The highest BCUT2D eigenvalue weighted by Gasteiger charge is 2.20. The van der Waals surface area contributed by atoms with Crippen LogP contribution < -0.4 is 20.1 Å². The summed E-state index contributed by atoms with van der Waals surface area (Å²) in [7, 11) is 0. The van der Waals surface area contributed by atoms with E-state index in [4.69, 9.17) is 18.9 Å². The van der Waals surface area contributed by atoms with Gasteiger partial charge in [0.25, 0.3) is 0 Å². The number of nitrogens with zero attached hydrogens (tertiary/aromatic N) is 2. The number of Topliss-reactive ketones (excluding diaryl/α,β-unsaturated/α-hetero) is 2. The quantitative estimate of drug-likeness (QED) is 0.0380. The van der Waals surface area contributed by atoms with Crippen LogP contribution in [-0.2, 0) is 19.1 Å². The lowest BCUT2D eigenvalue weighted by atomic mass is 10.0. The van der Waals surface area contributed by atoms with Gasteiger partial charge in [-0.2, -0.15) is 0 Å². The highest BCUT2D eigenvalue weighted by atomic mass is 16.6. The molecule has 0 aliphatic rings. The number of anilines is 4. The van der Waals surface area contributed by atoms with Crippen molar-refractivity contribution in [2.24, 2.45) is 0 Å². The van der Waals surface area contributed by atoms with Crippen LogP contribution >= 0.6 is 0 Å². The maximum atomic E-state index is 13.1. The molecule has 12 nitrogen and oxygen atoms in total. The third kappa shape index (κ3) is 11.3. The Morgan fingerprint density at radius 3 is 1.36 bits per heavy atom. The summed E-state index contributed by atoms with van der Waals surface area (Å²) in [5.74, 6) is 0.0705. The van der Waals surface area contributed by atoms with Crippen molar-refractivity contribution in [2.75, 3.05) is 37.1 Å². The van der Waals surface area contributed by atoms with Crippen molar-refractivity contribution in [3.8, 4) is 11.5 Å². The molecule has 6 aromatic rings. The molecule has 0 aliphatic carbocycles. The zero-order valence-electron chi connectivity index (χ0n) is 35.2. The van der Waals surface area contributed by atoms with Crippen molar-refractivity contribution in [2.45, 2.75) is 72.6 Å². The zero-order chi connectivity index (χ0) is 43.1. The van der Waals surface area contributed by atoms with Crippen molar-refractivity contribution >= 4 is 68.1 Å². The molecule has 12 heteroatoms. The van der Waals surface area contributed by atoms with Gasteiger partial charge in [0.2, 0.25) is 0 Å². The molecule has 0 bridgehead atoms. The molecule has 0 aliphatic heterocycles. The standard InChI is InChI=1S/C49H52N4O8/c1-5-14-40(54)36-30-50-48-34(46(36)52-38-20-9-7-16-32(38)3)18-11-22-42(48)58-26-28-60-44(56)24-13-25-45(57)61-29-27-59-43-23-12-19-35-47(53-39-21-10-8-17-33(39)4)37(31-51-49(35)43)41(55)15-6-2/h7-12,16-23,30-31H,5-6,13-15,24-29H2,1-4H3,(H,50,52)(H,51,53). The summed E-state index contributed by atoms with van der Waals surface area (Å²) < 4.78 is 22.7. The first-order valence-electron chi connectivity index (χ1n) is 20.8. The number of aromatic nitrogens is 2. The lowest BCUT2D eigenvalue weighted by Gasteiger charge is -2.17. The van der Waals surface area contributed by atoms with Gasteiger partial charge in [-0.05, 0) is 68.5 Å². The number of hydrogen-bond acceptors (Lipinski definition) is 12. The maximum Gasteiger partial charge on any atom is 0.305 e. The van der Waals surface area contributed by atoms with Gasteiger partial charge in [0.1, 0.15) is 49.0 Å². The minimum atomic E-state index is -0.459. The largest absolute Gasteiger partial charge is 0.488 e. The van der Waals surface area contributed by atoms with E-state index in [9.17, 15) is 19.2 Å². The second-order valence-electron chi connectivity index (χ2n) is 14.6. The van der Waals surface area contributed by atoms with Gasteiger partial charge >= 0.3 is 11.9 Å². The molecular weight excluding hydrogens is 773 g/mol. The number of ketones is 2. The van der Waals surface area contributed by atoms with E-state index in [1.54, 1.807) is 24.5 Å². The van der Waals surface area contributed by atoms with Gasteiger partial charge < -0.3 is 29.6 Å². The van der Waals surface area contributed by atoms with Crippen LogP contribution in [0.2, 0.25) is 0 Å². The molecule has 4 aromatic carbocycles. The summed E-state index contributed by atoms with van der Waals surface area (Å²) in [6.07, 6.45) is 5.74. The molecule has 316 valence electrons. The molecular formula is C49H52N4O8. The summed E-state index contributed by atoms with van der Waals surface area (Å²) in [5.41, 5.74) is 7.34. The fourth-order valence-electron chi connectivity index (χ4n) is 6.87. The van der Waals surface area contributed by atoms with Crippen LogP contribution in [0.4, 0.5) is 22.7 Å². The minimum absolute atomic E-state index is 0.00122. The van der Waals surface area contributed by atoms with Gasteiger partial charge in [-0.15, -0.1) is 0 Å². The molecule has 2 heterocycles. The maximum absolute atomic E-state index is 13.1. The van der Waals surface area contributed by atoms with Gasteiger partial charge in [-0.25, -0.2) is 0 Å². The number of carbonyl (C=O) groups is 4. The first kappa shape index (κ1) is 43.8. The third-order valence-corrected chi connectivity index (χ3v) is 10.1. The summed E-state index contributed by atoms with van der Waals surface area (Å²) in [6.45, 7) is 8.11. The van der Waals surface area contributed by atoms with Crippen molar-refractivity contribution in [1.29, 1.82) is 0 Å². The molecule has 0 spiro atoms. The average Bonchev–Trinajstić information content (AvgIpc) is 3.25. The minimum Gasteiger partial charge on any atom is -0.488 e. The normalized spacial score (nSPS) is 11.0. The Morgan fingerprint density at radius 1 is 0.525 bits per heavy atom. The highest BCUT2D eigenvalue weighted by Crippen LogP contribution is 2.37. The van der Waals surface area contributed by atoms with Gasteiger partial charge in [-0.1, -0.05) is 74.5 Å². The summed E-state index contributed by atoms with van der Waals surface area (Å²) in [4.78, 5) is 60.3. The second kappa shape index (κ2) is 21.4. The molecule has 6 rings (SSSR count). The molecule has 0 saturated carbocycles. The molecule has 0 unspecified atom stereocenters. The van der Waals surface area contributed by atoms with Crippen LogP contribution in [-0.4, -0.2) is 59.9 Å². The van der Waals surface area contributed by atoms with Crippen LogP contribution in [0.5, 0.6) is 11.5 Å². The number of benzene rings is 4. The number of aryl methyl sites for hydroxylation is 2. The van der Waals surface area contributed by atoms with Crippen LogP contribution in [0.25, 0.3) is 21.8 Å². The van der Waals surface area contributed by atoms with E-state index in [0.717, 1.165) is 46.1 Å². The predicted octanol–water partition coefficient (Wildman–Crippen LogP) is 10.6. The number of ether oxygens (including phenoxy) is 4. The Labute approximate surface area is 356 Å². The Kier molecular flexibility index (Phi) is 15.4.